The number of piperazine rings is 1. The highest BCUT2D eigenvalue weighted by atomic mass is 16.5. The average Bonchev–Trinajstić information content (AvgIpc) is 3.08. The Morgan fingerprint density at radius 1 is 1.11 bits per heavy atom. The maximum Gasteiger partial charge on any atom is 0.251 e. The van der Waals surface area contributed by atoms with Crippen LogP contribution in [0.2, 0.25) is 0 Å². The molecule has 0 aliphatic carbocycles. The number of nitrogens with zero attached hydrogens (tertiary/aromatic N) is 2. The number of hydrogen-bond donors (Lipinski definition) is 3. The maximum absolute atomic E-state index is 13.9. The number of unbranched alkanes of at least 4 members (excludes halogenated alkanes) is 1. The fourth-order valence-electron chi connectivity index (χ4n) is 7.03. The molecule has 10 nitrogen and oxygen atoms in total. The molecule has 0 radical (unpaired) electrons. The van der Waals surface area contributed by atoms with E-state index >= 15 is 0 Å². The fourth-order valence-corrected chi connectivity index (χ4v) is 7.03. The lowest BCUT2D eigenvalue weighted by Gasteiger charge is -2.52. The van der Waals surface area contributed by atoms with Gasteiger partial charge in [-0.05, 0) is 66.8 Å². The number of methoxy groups -OCH3 is 1. The molecule has 3 aliphatic heterocycles. The van der Waals surface area contributed by atoms with E-state index in [0.717, 1.165) is 30.5 Å². The van der Waals surface area contributed by atoms with Gasteiger partial charge in [0.2, 0.25) is 11.8 Å². The maximum atomic E-state index is 13.9. The second kappa shape index (κ2) is 14.7. The number of piperidine rings is 1. The summed E-state index contributed by atoms with van der Waals surface area (Å²) in [6.45, 7) is 5.92. The van der Waals surface area contributed by atoms with E-state index in [0.29, 0.717) is 76.3 Å². The molecule has 3 N–H and O–H groups in total. The Morgan fingerprint density at radius 3 is 2.44 bits per heavy atom. The molecule has 0 unspecified atom stereocenters. The van der Waals surface area contributed by atoms with Crippen molar-refractivity contribution in [2.45, 2.75) is 76.1 Å². The predicted molar refractivity (Wildman–Crippen MR) is 171 cm³/mol. The minimum atomic E-state index is -0.905. The summed E-state index contributed by atoms with van der Waals surface area (Å²) in [5, 5.41) is 16.8. The number of benzene rings is 2. The third-order valence-corrected chi connectivity index (χ3v) is 9.87. The van der Waals surface area contributed by atoms with Crippen molar-refractivity contribution in [2.24, 2.45) is 5.92 Å². The van der Waals surface area contributed by atoms with Crippen molar-refractivity contribution in [3.8, 4) is 5.75 Å². The minimum Gasteiger partial charge on any atom is -0.496 e. The van der Waals surface area contributed by atoms with Gasteiger partial charge in [-0.1, -0.05) is 43.7 Å². The number of aliphatic hydroxyl groups is 1. The van der Waals surface area contributed by atoms with Crippen molar-refractivity contribution in [3.63, 3.8) is 0 Å². The van der Waals surface area contributed by atoms with Crippen LogP contribution in [0.25, 0.3) is 0 Å². The molecule has 3 amide bonds. The number of aliphatic hydroxyl groups excluding tert-OH is 1. The van der Waals surface area contributed by atoms with E-state index in [1.54, 1.807) is 20.2 Å². The molecule has 0 saturated carbocycles. The minimum absolute atomic E-state index is 0.0556. The van der Waals surface area contributed by atoms with Gasteiger partial charge < -0.3 is 30.1 Å². The van der Waals surface area contributed by atoms with Gasteiger partial charge in [0.05, 0.1) is 13.2 Å². The second-order valence-corrected chi connectivity index (χ2v) is 12.6. The summed E-state index contributed by atoms with van der Waals surface area (Å²) in [4.78, 5) is 43.8. The summed E-state index contributed by atoms with van der Waals surface area (Å²) in [6, 6.07) is 13.1. The van der Waals surface area contributed by atoms with E-state index in [9.17, 15) is 19.5 Å². The summed E-state index contributed by atoms with van der Waals surface area (Å²) < 4.78 is 11.0. The van der Waals surface area contributed by atoms with Crippen LogP contribution >= 0.6 is 0 Å². The Balaban J connectivity index is 1.21. The standard InChI is InChI=1S/C35H48N4O6/c1-4-5-16-39-33(42)30(31(40)26-12-19-45-20-13-26)37-34(43)35(39)14-17-38(18-15-35)23-25-8-6-24(7-9-25)21-27-10-11-28(32(41)36-2)22-29(27)44-3/h6-11,22,26,30-31,40H,4-5,12-21,23H2,1-3H3,(H,36,41)(H,37,43)/t30-,31-/m1/s1. The quantitative estimate of drug-likeness (QED) is 0.354. The molecule has 10 heteroatoms. The van der Waals surface area contributed by atoms with Gasteiger partial charge in [-0.25, -0.2) is 0 Å². The predicted octanol–water partition coefficient (Wildman–Crippen LogP) is 2.89. The van der Waals surface area contributed by atoms with Crippen LogP contribution in [0.15, 0.2) is 42.5 Å². The van der Waals surface area contributed by atoms with Gasteiger partial charge in [0, 0.05) is 58.4 Å². The molecule has 5 rings (SSSR count). The lowest BCUT2D eigenvalue weighted by molar-refractivity contribution is -0.166. The van der Waals surface area contributed by atoms with Crippen molar-refractivity contribution in [2.75, 3.05) is 47.0 Å². The highest BCUT2D eigenvalue weighted by molar-refractivity contribution is 6.00. The van der Waals surface area contributed by atoms with E-state index in [-0.39, 0.29) is 23.6 Å². The van der Waals surface area contributed by atoms with Gasteiger partial charge in [0.1, 0.15) is 17.3 Å². The molecule has 3 fully saturated rings. The SMILES string of the molecule is CCCCN1C(=O)[C@@H]([C@H](O)C2CCOCC2)NC(=O)C12CCN(Cc1ccc(Cc3ccc(C(=O)NC)cc3OC)cc1)CC2. The van der Waals surface area contributed by atoms with E-state index in [1.165, 1.54) is 5.56 Å². The Morgan fingerprint density at radius 2 is 1.80 bits per heavy atom. The monoisotopic (exact) mass is 620 g/mol. The second-order valence-electron chi connectivity index (χ2n) is 12.6. The topological polar surface area (TPSA) is 120 Å². The van der Waals surface area contributed by atoms with Gasteiger partial charge >= 0.3 is 0 Å². The highest BCUT2D eigenvalue weighted by Gasteiger charge is 2.55. The molecule has 2 atom stereocenters. The van der Waals surface area contributed by atoms with E-state index in [4.69, 9.17) is 9.47 Å². The zero-order valence-corrected chi connectivity index (χ0v) is 26.8. The first kappa shape index (κ1) is 32.9. The van der Waals surface area contributed by atoms with Crippen molar-refractivity contribution in [1.29, 1.82) is 0 Å². The van der Waals surface area contributed by atoms with Crippen LogP contribution in [0.3, 0.4) is 0 Å². The third kappa shape index (κ3) is 7.18. The number of likely N-dealkylation sites (tertiary alicyclic amines) is 1. The van der Waals surface area contributed by atoms with Crippen LogP contribution in [0.4, 0.5) is 0 Å². The lowest BCUT2D eigenvalue weighted by atomic mass is 9.79. The Hall–Kier alpha value is -3.47. The van der Waals surface area contributed by atoms with Gasteiger partial charge in [-0.3, -0.25) is 19.3 Å². The molecule has 2 aromatic rings. The van der Waals surface area contributed by atoms with E-state index < -0.39 is 17.7 Å². The smallest absolute Gasteiger partial charge is 0.251 e. The first-order valence-electron chi connectivity index (χ1n) is 16.4. The molecule has 45 heavy (non-hydrogen) atoms. The zero-order valence-electron chi connectivity index (χ0n) is 26.8. The van der Waals surface area contributed by atoms with Crippen molar-refractivity contribution in [3.05, 3.63) is 64.7 Å². The van der Waals surface area contributed by atoms with Gasteiger partial charge in [-0.2, -0.15) is 0 Å². The summed E-state index contributed by atoms with van der Waals surface area (Å²) in [5.74, 6) is 0.207. The number of carbonyl (C=O) groups excluding carboxylic acids is 3. The van der Waals surface area contributed by atoms with Crippen LogP contribution in [-0.4, -0.2) is 97.3 Å². The van der Waals surface area contributed by atoms with Crippen LogP contribution < -0.4 is 15.4 Å². The molecule has 0 aromatic heterocycles. The van der Waals surface area contributed by atoms with Crippen LogP contribution in [0, 0.1) is 5.92 Å². The summed E-state index contributed by atoms with van der Waals surface area (Å²) in [6.07, 6.45) is 4.04. The zero-order chi connectivity index (χ0) is 32.0. The third-order valence-electron chi connectivity index (χ3n) is 9.87. The number of hydrogen-bond acceptors (Lipinski definition) is 7. The molecule has 3 saturated heterocycles. The highest BCUT2D eigenvalue weighted by Crippen LogP contribution is 2.36. The molecule has 3 heterocycles. The Bertz CT molecular complexity index is 1330. The molecular formula is C35H48N4O6. The molecule has 0 bridgehead atoms. The fraction of sp³-hybridized carbons (Fsp3) is 0.571. The average molecular weight is 621 g/mol. The van der Waals surface area contributed by atoms with E-state index in [2.05, 4.69) is 46.7 Å². The van der Waals surface area contributed by atoms with E-state index in [1.807, 2.05) is 17.0 Å². The number of carbonyl (C=O) groups is 3. The summed E-state index contributed by atoms with van der Waals surface area (Å²) in [5.41, 5.74) is 3.03. The molecule has 1 spiro atoms. The van der Waals surface area contributed by atoms with Crippen molar-refractivity contribution in [1.82, 2.24) is 20.4 Å². The Labute approximate surface area is 266 Å². The number of amides is 3. The number of nitrogens with one attached hydrogen (secondary N) is 2. The molecule has 244 valence electrons. The van der Waals surface area contributed by atoms with Crippen LogP contribution in [0.1, 0.15) is 72.5 Å². The van der Waals surface area contributed by atoms with Crippen LogP contribution in [0.5, 0.6) is 5.75 Å². The first-order chi connectivity index (χ1) is 21.8. The normalized spacial score (nSPS) is 21.4. The number of rotatable bonds is 11. The molecule has 2 aromatic carbocycles. The van der Waals surface area contributed by atoms with Gasteiger partial charge in [-0.15, -0.1) is 0 Å². The van der Waals surface area contributed by atoms with Gasteiger partial charge in [0.25, 0.3) is 5.91 Å². The first-order valence-corrected chi connectivity index (χ1v) is 16.4. The largest absolute Gasteiger partial charge is 0.496 e. The van der Waals surface area contributed by atoms with Crippen LogP contribution in [-0.2, 0) is 27.3 Å². The van der Waals surface area contributed by atoms with Crippen molar-refractivity contribution < 1.29 is 29.0 Å². The number of ether oxygens (including phenoxy) is 2. The molecule has 3 aliphatic rings. The molecular weight excluding hydrogens is 572 g/mol. The van der Waals surface area contributed by atoms with Crippen molar-refractivity contribution >= 4 is 17.7 Å². The lowest BCUT2D eigenvalue weighted by Crippen LogP contribution is -2.75. The summed E-state index contributed by atoms with van der Waals surface area (Å²) in [7, 11) is 3.22. The Kier molecular flexibility index (Phi) is 10.8. The van der Waals surface area contributed by atoms with Gasteiger partial charge in [0.15, 0.2) is 0 Å². The summed E-state index contributed by atoms with van der Waals surface area (Å²) >= 11 is 0.